The lowest BCUT2D eigenvalue weighted by molar-refractivity contribution is 0.393. The molecule has 1 aromatic rings. The van der Waals surface area contributed by atoms with Gasteiger partial charge in [-0.2, -0.15) is 0 Å². The van der Waals surface area contributed by atoms with E-state index in [4.69, 9.17) is 10.8 Å². The van der Waals surface area contributed by atoms with Crippen molar-refractivity contribution in [3.05, 3.63) is 11.4 Å². The van der Waals surface area contributed by atoms with Gasteiger partial charge in [-0.3, -0.25) is 0 Å². The maximum atomic E-state index is 5.62. The lowest BCUT2D eigenvalue weighted by atomic mass is 9.94. The molecular weight excluding hydrogens is 250 g/mol. The first-order chi connectivity index (χ1) is 9.72. The number of piperidine rings is 1. The maximum Gasteiger partial charge on any atom is 0.148 e. The Bertz CT molecular complexity index is 475. The van der Waals surface area contributed by atoms with Gasteiger partial charge in [-0.05, 0) is 38.5 Å². The van der Waals surface area contributed by atoms with Gasteiger partial charge in [0.2, 0.25) is 0 Å². The molecule has 0 unspecified atom stereocenters. The quantitative estimate of drug-likeness (QED) is 0.653. The predicted octanol–water partition coefficient (Wildman–Crippen LogP) is 2.57. The fourth-order valence-electron chi connectivity index (χ4n) is 3.05. The van der Waals surface area contributed by atoms with Crippen molar-refractivity contribution >= 4 is 11.6 Å². The Morgan fingerprint density at radius 1 is 1.20 bits per heavy atom. The molecule has 5 nitrogen and oxygen atoms in total. The summed E-state index contributed by atoms with van der Waals surface area (Å²) < 4.78 is 0. The molecule has 5 heteroatoms. The van der Waals surface area contributed by atoms with Crippen LogP contribution in [0.4, 0.5) is 11.6 Å². The van der Waals surface area contributed by atoms with Gasteiger partial charge < -0.3 is 10.3 Å². The first kappa shape index (κ1) is 13.6. The summed E-state index contributed by atoms with van der Waals surface area (Å²) in [5, 5.41) is 0. The highest BCUT2D eigenvalue weighted by Crippen LogP contribution is 2.40. The number of hydrogen-bond acceptors (Lipinski definition) is 5. The van der Waals surface area contributed by atoms with Crippen molar-refractivity contribution in [2.45, 2.75) is 51.9 Å². The molecule has 0 bridgehead atoms. The zero-order valence-electron chi connectivity index (χ0n) is 12.5. The SMILES string of the molecule is CCC1CCN(c2nc(C3CC3)nc(NN)c2C)CC1. The van der Waals surface area contributed by atoms with E-state index in [0.717, 1.165) is 42.0 Å². The average Bonchev–Trinajstić information content (AvgIpc) is 3.32. The summed E-state index contributed by atoms with van der Waals surface area (Å²) in [7, 11) is 0. The third-order valence-corrected chi connectivity index (χ3v) is 4.71. The molecule has 2 aliphatic rings. The minimum Gasteiger partial charge on any atom is -0.356 e. The molecule has 2 fully saturated rings. The zero-order valence-corrected chi connectivity index (χ0v) is 12.5. The summed E-state index contributed by atoms with van der Waals surface area (Å²) in [6.45, 7) is 6.56. The number of hydrazine groups is 1. The van der Waals surface area contributed by atoms with E-state index in [0.29, 0.717) is 5.92 Å². The van der Waals surface area contributed by atoms with Crippen LogP contribution in [0.25, 0.3) is 0 Å². The lowest BCUT2D eigenvalue weighted by Crippen LogP contribution is -2.35. The minimum atomic E-state index is 0.551. The highest BCUT2D eigenvalue weighted by atomic mass is 15.3. The lowest BCUT2D eigenvalue weighted by Gasteiger charge is -2.33. The number of nitrogen functional groups attached to an aromatic ring is 1. The van der Waals surface area contributed by atoms with Gasteiger partial charge in [0.1, 0.15) is 17.5 Å². The molecule has 1 aromatic heterocycles. The Labute approximate surface area is 120 Å². The molecule has 1 aliphatic heterocycles. The normalized spacial score (nSPS) is 20.2. The zero-order chi connectivity index (χ0) is 14.1. The molecule has 0 spiro atoms. The molecule has 2 heterocycles. The molecule has 0 aromatic carbocycles. The first-order valence-electron chi connectivity index (χ1n) is 7.83. The molecule has 0 amide bonds. The second-order valence-electron chi connectivity index (χ2n) is 6.14. The van der Waals surface area contributed by atoms with Crippen molar-refractivity contribution in [1.29, 1.82) is 0 Å². The Hall–Kier alpha value is -1.36. The molecule has 0 radical (unpaired) electrons. The smallest absolute Gasteiger partial charge is 0.148 e. The number of hydrogen-bond donors (Lipinski definition) is 2. The highest BCUT2D eigenvalue weighted by molar-refractivity contribution is 5.58. The Kier molecular flexibility index (Phi) is 3.78. The number of nitrogens with zero attached hydrogens (tertiary/aromatic N) is 3. The van der Waals surface area contributed by atoms with Crippen LogP contribution in [0.15, 0.2) is 0 Å². The van der Waals surface area contributed by atoms with E-state index in [1.165, 1.54) is 32.1 Å². The molecule has 0 atom stereocenters. The van der Waals surface area contributed by atoms with E-state index < -0.39 is 0 Å². The van der Waals surface area contributed by atoms with Crippen LogP contribution >= 0.6 is 0 Å². The van der Waals surface area contributed by atoms with E-state index in [9.17, 15) is 0 Å². The fraction of sp³-hybridized carbons (Fsp3) is 0.733. The number of anilines is 2. The Morgan fingerprint density at radius 3 is 2.45 bits per heavy atom. The van der Waals surface area contributed by atoms with E-state index in [1.807, 2.05) is 0 Å². The van der Waals surface area contributed by atoms with Gasteiger partial charge in [-0.1, -0.05) is 13.3 Å². The largest absolute Gasteiger partial charge is 0.356 e. The van der Waals surface area contributed by atoms with Crippen molar-refractivity contribution in [3.8, 4) is 0 Å². The van der Waals surface area contributed by atoms with Crippen LogP contribution in [0.2, 0.25) is 0 Å². The van der Waals surface area contributed by atoms with Gasteiger partial charge in [-0.25, -0.2) is 15.8 Å². The van der Waals surface area contributed by atoms with Gasteiger partial charge in [0.15, 0.2) is 0 Å². The van der Waals surface area contributed by atoms with Gasteiger partial charge in [-0.15, -0.1) is 0 Å². The standard InChI is InChI=1S/C15H25N5/c1-3-11-6-8-20(9-7-11)15-10(2)13(19-16)17-14(18-15)12-4-5-12/h11-12H,3-9,16H2,1-2H3,(H,17,18,19). The molecule has 3 N–H and O–H groups in total. The average molecular weight is 275 g/mol. The monoisotopic (exact) mass is 275 g/mol. The van der Waals surface area contributed by atoms with E-state index >= 15 is 0 Å². The molecule has 110 valence electrons. The van der Waals surface area contributed by atoms with E-state index in [2.05, 4.69) is 29.2 Å². The molecule has 1 saturated heterocycles. The van der Waals surface area contributed by atoms with E-state index in [1.54, 1.807) is 0 Å². The predicted molar refractivity (Wildman–Crippen MR) is 81.8 cm³/mol. The molecule has 1 saturated carbocycles. The second kappa shape index (κ2) is 5.56. The summed E-state index contributed by atoms with van der Waals surface area (Å²) in [5.74, 6) is 9.89. The van der Waals surface area contributed by atoms with Crippen molar-refractivity contribution < 1.29 is 0 Å². The maximum absolute atomic E-state index is 5.62. The minimum absolute atomic E-state index is 0.551. The third-order valence-electron chi connectivity index (χ3n) is 4.71. The summed E-state index contributed by atoms with van der Waals surface area (Å²) in [6.07, 6.45) is 6.25. The van der Waals surface area contributed by atoms with Crippen molar-refractivity contribution in [2.24, 2.45) is 11.8 Å². The Morgan fingerprint density at radius 2 is 1.90 bits per heavy atom. The van der Waals surface area contributed by atoms with Crippen LogP contribution in [0.3, 0.4) is 0 Å². The highest BCUT2D eigenvalue weighted by Gasteiger charge is 2.29. The van der Waals surface area contributed by atoms with E-state index in [-0.39, 0.29) is 0 Å². The van der Waals surface area contributed by atoms with Crippen molar-refractivity contribution in [1.82, 2.24) is 9.97 Å². The van der Waals surface area contributed by atoms with Crippen molar-refractivity contribution in [2.75, 3.05) is 23.4 Å². The number of nitrogens with two attached hydrogens (primary N) is 1. The third kappa shape index (κ3) is 2.59. The van der Waals surface area contributed by atoms with Crippen LogP contribution < -0.4 is 16.2 Å². The second-order valence-corrected chi connectivity index (χ2v) is 6.14. The molecule has 20 heavy (non-hydrogen) atoms. The summed E-state index contributed by atoms with van der Waals surface area (Å²) in [4.78, 5) is 11.8. The summed E-state index contributed by atoms with van der Waals surface area (Å²) >= 11 is 0. The summed E-state index contributed by atoms with van der Waals surface area (Å²) in [6, 6.07) is 0. The van der Waals surface area contributed by atoms with Gasteiger partial charge in [0.05, 0.1) is 0 Å². The number of nitrogens with one attached hydrogen (secondary N) is 1. The number of aromatic nitrogens is 2. The first-order valence-corrected chi connectivity index (χ1v) is 7.83. The van der Waals surface area contributed by atoms with Crippen LogP contribution in [0.5, 0.6) is 0 Å². The van der Waals surface area contributed by atoms with Crippen LogP contribution in [0.1, 0.15) is 56.3 Å². The van der Waals surface area contributed by atoms with Gasteiger partial charge >= 0.3 is 0 Å². The summed E-state index contributed by atoms with van der Waals surface area (Å²) in [5.41, 5.74) is 3.82. The molecule has 3 rings (SSSR count). The topological polar surface area (TPSA) is 67.1 Å². The van der Waals surface area contributed by atoms with Gasteiger partial charge in [0.25, 0.3) is 0 Å². The van der Waals surface area contributed by atoms with Crippen LogP contribution in [0, 0.1) is 12.8 Å². The van der Waals surface area contributed by atoms with Gasteiger partial charge in [0, 0.05) is 24.6 Å². The number of rotatable bonds is 4. The van der Waals surface area contributed by atoms with Crippen LogP contribution in [-0.2, 0) is 0 Å². The molecular formula is C15H25N5. The Balaban J connectivity index is 1.86. The van der Waals surface area contributed by atoms with Crippen LogP contribution in [-0.4, -0.2) is 23.1 Å². The molecule has 1 aliphatic carbocycles. The van der Waals surface area contributed by atoms with Crippen molar-refractivity contribution in [3.63, 3.8) is 0 Å². The fourth-order valence-corrected chi connectivity index (χ4v) is 3.05.